The first-order chi connectivity index (χ1) is 16.8. The van der Waals surface area contributed by atoms with Crippen LogP contribution < -0.4 is 0 Å². The Labute approximate surface area is 229 Å². The van der Waals surface area contributed by atoms with Gasteiger partial charge < -0.3 is 0 Å². The SMILES string of the molecule is Cc1cc(C)c(Sc2ccc(-c3ccc(-c4ccc(Sc5c(C)cc(C)cc5C)s4)s3)s2)c(C)c1. The predicted molar refractivity (Wildman–Crippen MR) is 160 cm³/mol. The molecule has 35 heavy (non-hydrogen) atoms. The molecule has 3 aromatic heterocycles. The third-order valence-corrected chi connectivity index (χ3v) is 12.5. The van der Waals surface area contributed by atoms with Crippen molar-refractivity contribution in [3.8, 4) is 19.5 Å². The first kappa shape index (κ1) is 24.9. The number of thiophene rings is 3. The summed E-state index contributed by atoms with van der Waals surface area (Å²) < 4.78 is 2.70. The molecule has 5 aromatic rings. The number of hydrogen-bond acceptors (Lipinski definition) is 5. The van der Waals surface area contributed by atoms with Gasteiger partial charge in [0.1, 0.15) is 0 Å². The van der Waals surface area contributed by atoms with E-state index in [0.29, 0.717) is 0 Å². The van der Waals surface area contributed by atoms with E-state index in [1.165, 1.54) is 71.1 Å². The Kier molecular flexibility index (Phi) is 7.34. The van der Waals surface area contributed by atoms with Crippen LogP contribution in [0.15, 0.2) is 78.9 Å². The molecule has 2 aromatic carbocycles. The van der Waals surface area contributed by atoms with Gasteiger partial charge in [-0.2, -0.15) is 0 Å². The molecule has 5 rings (SSSR count). The largest absolute Gasteiger partial charge is 0.134 e. The van der Waals surface area contributed by atoms with Gasteiger partial charge in [-0.15, -0.1) is 34.0 Å². The lowest BCUT2D eigenvalue weighted by Gasteiger charge is -2.09. The van der Waals surface area contributed by atoms with Crippen molar-refractivity contribution in [2.75, 3.05) is 0 Å². The molecule has 0 N–H and O–H groups in total. The predicted octanol–water partition coefficient (Wildman–Crippen LogP) is 11.4. The van der Waals surface area contributed by atoms with E-state index in [0.717, 1.165) is 0 Å². The monoisotopic (exact) mass is 548 g/mol. The Morgan fingerprint density at radius 1 is 0.429 bits per heavy atom. The van der Waals surface area contributed by atoms with Crippen molar-refractivity contribution in [1.29, 1.82) is 0 Å². The summed E-state index contributed by atoms with van der Waals surface area (Å²) in [5.74, 6) is 0. The molecular formula is C30H28S5. The molecule has 0 aliphatic heterocycles. The fraction of sp³-hybridized carbons (Fsp3) is 0.200. The van der Waals surface area contributed by atoms with Gasteiger partial charge in [0.05, 0.1) is 8.42 Å². The first-order valence-corrected chi connectivity index (χ1v) is 15.7. The lowest BCUT2D eigenvalue weighted by molar-refractivity contribution is 1.19. The van der Waals surface area contributed by atoms with Crippen molar-refractivity contribution in [3.63, 3.8) is 0 Å². The number of aryl methyl sites for hydroxylation is 6. The summed E-state index contributed by atoms with van der Waals surface area (Å²) in [7, 11) is 0. The Morgan fingerprint density at radius 3 is 1.11 bits per heavy atom. The maximum Gasteiger partial charge on any atom is 0.0653 e. The molecule has 0 saturated heterocycles. The Balaban J connectivity index is 1.33. The van der Waals surface area contributed by atoms with Crippen LogP contribution in [0.2, 0.25) is 0 Å². The summed E-state index contributed by atoms with van der Waals surface area (Å²) in [6.07, 6.45) is 0. The summed E-state index contributed by atoms with van der Waals surface area (Å²) >= 11 is 9.48. The third kappa shape index (κ3) is 5.50. The van der Waals surface area contributed by atoms with Crippen LogP contribution in [0.4, 0.5) is 0 Å². The van der Waals surface area contributed by atoms with E-state index in [-0.39, 0.29) is 0 Å². The standard InChI is InChI=1S/C30H28S5/c1-17-13-19(3)29(20(4)14-17)34-27-11-9-25(32-27)23-7-8-24(31-23)26-10-12-28(33-26)35-30-21(5)15-18(2)16-22(30)6/h7-16H,1-6H3. The van der Waals surface area contributed by atoms with Crippen molar-refractivity contribution in [1.82, 2.24) is 0 Å². The lowest BCUT2D eigenvalue weighted by Crippen LogP contribution is -1.86. The van der Waals surface area contributed by atoms with Crippen molar-refractivity contribution in [2.45, 2.75) is 59.8 Å². The van der Waals surface area contributed by atoms with E-state index < -0.39 is 0 Å². The summed E-state index contributed by atoms with van der Waals surface area (Å²) in [4.78, 5) is 8.17. The molecule has 0 aliphatic rings. The second kappa shape index (κ2) is 10.3. The molecule has 178 valence electrons. The lowest BCUT2D eigenvalue weighted by atomic mass is 10.1. The van der Waals surface area contributed by atoms with Crippen LogP contribution in [0.1, 0.15) is 33.4 Å². The van der Waals surface area contributed by atoms with Crippen molar-refractivity contribution in [2.24, 2.45) is 0 Å². The van der Waals surface area contributed by atoms with Gasteiger partial charge in [0, 0.05) is 29.3 Å². The Bertz CT molecular complexity index is 1350. The number of hydrogen-bond donors (Lipinski definition) is 0. The van der Waals surface area contributed by atoms with Crippen LogP contribution in [0, 0.1) is 41.5 Å². The van der Waals surface area contributed by atoms with Gasteiger partial charge in [0.15, 0.2) is 0 Å². The van der Waals surface area contributed by atoms with E-state index in [9.17, 15) is 0 Å². The highest BCUT2D eigenvalue weighted by Gasteiger charge is 2.13. The van der Waals surface area contributed by atoms with Crippen LogP contribution in [0.3, 0.4) is 0 Å². The quantitative estimate of drug-likeness (QED) is 0.207. The second-order valence-corrected chi connectivity index (χ2v) is 14.9. The summed E-state index contributed by atoms with van der Waals surface area (Å²) in [6.45, 7) is 13.2. The highest BCUT2D eigenvalue weighted by Crippen LogP contribution is 2.46. The molecule has 0 nitrogen and oxygen atoms in total. The summed E-state index contributed by atoms with van der Waals surface area (Å²) in [6, 6.07) is 22.8. The van der Waals surface area contributed by atoms with Gasteiger partial charge in [-0.1, -0.05) is 58.9 Å². The van der Waals surface area contributed by atoms with Crippen LogP contribution in [-0.4, -0.2) is 0 Å². The van der Waals surface area contributed by atoms with Gasteiger partial charge in [-0.05, 0) is 100 Å². The van der Waals surface area contributed by atoms with E-state index in [2.05, 4.69) is 102 Å². The average Bonchev–Trinajstić information content (AvgIpc) is 3.53. The van der Waals surface area contributed by atoms with Gasteiger partial charge in [-0.3, -0.25) is 0 Å². The molecule has 0 atom stereocenters. The van der Waals surface area contributed by atoms with Crippen LogP contribution in [0.25, 0.3) is 19.5 Å². The molecule has 0 aliphatic carbocycles. The van der Waals surface area contributed by atoms with Crippen molar-refractivity contribution < 1.29 is 0 Å². The molecule has 0 saturated carbocycles. The van der Waals surface area contributed by atoms with E-state index in [1.807, 2.05) is 57.5 Å². The average molecular weight is 549 g/mol. The van der Waals surface area contributed by atoms with Crippen LogP contribution >= 0.6 is 57.5 Å². The van der Waals surface area contributed by atoms with Crippen LogP contribution in [0.5, 0.6) is 0 Å². The highest BCUT2D eigenvalue weighted by atomic mass is 32.2. The molecule has 0 amide bonds. The molecule has 0 fully saturated rings. The minimum absolute atomic E-state index is 1.33. The molecule has 0 bridgehead atoms. The van der Waals surface area contributed by atoms with Gasteiger partial charge in [0.25, 0.3) is 0 Å². The van der Waals surface area contributed by atoms with E-state index >= 15 is 0 Å². The van der Waals surface area contributed by atoms with E-state index in [4.69, 9.17) is 0 Å². The summed E-state index contributed by atoms with van der Waals surface area (Å²) in [5.41, 5.74) is 8.13. The second-order valence-electron chi connectivity index (χ2n) is 9.06. The Hall–Kier alpha value is -1.76. The minimum atomic E-state index is 1.33. The third-order valence-electron chi connectivity index (χ3n) is 5.87. The van der Waals surface area contributed by atoms with E-state index in [1.54, 1.807) is 0 Å². The zero-order chi connectivity index (χ0) is 24.7. The molecule has 3 heterocycles. The van der Waals surface area contributed by atoms with Gasteiger partial charge in [0.2, 0.25) is 0 Å². The zero-order valence-electron chi connectivity index (χ0n) is 20.8. The fourth-order valence-corrected chi connectivity index (χ4v) is 10.1. The smallest absolute Gasteiger partial charge is 0.0653 e. The molecule has 0 spiro atoms. The molecule has 0 radical (unpaired) electrons. The minimum Gasteiger partial charge on any atom is -0.134 e. The van der Waals surface area contributed by atoms with Crippen LogP contribution in [-0.2, 0) is 0 Å². The fourth-order valence-electron chi connectivity index (χ4n) is 4.47. The summed E-state index contributed by atoms with van der Waals surface area (Å²) in [5, 5.41) is 0. The zero-order valence-corrected chi connectivity index (χ0v) is 24.9. The molecular weight excluding hydrogens is 521 g/mol. The highest BCUT2D eigenvalue weighted by molar-refractivity contribution is 8.01. The Morgan fingerprint density at radius 2 is 0.743 bits per heavy atom. The maximum atomic E-state index is 2.28. The first-order valence-electron chi connectivity index (χ1n) is 11.6. The number of benzene rings is 2. The molecule has 0 unspecified atom stereocenters. The van der Waals surface area contributed by atoms with Crippen molar-refractivity contribution in [3.05, 3.63) is 94.0 Å². The normalized spacial score (nSPS) is 11.4. The van der Waals surface area contributed by atoms with Gasteiger partial charge in [-0.25, -0.2) is 0 Å². The molecule has 5 heteroatoms. The number of rotatable bonds is 6. The topological polar surface area (TPSA) is 0 Å². The van der Waals surface area contributed by atoms with Crippen molar-refractivity contribution >= 4 is 57.5 Å². The van der Waals surface area contributed by atoms with Gasteiger partial charge >= 0.3 is 0 Å². The maximum absolute atomic E-state index is 2.28.